The summed E-state index contributed by atoms with van der Waals surface area (Å²) in [7, 11) is 0. The van der Waals surface area contributed by atoms with Gasteiger partial charge in [0.2, 0.25) is 11.8 Å². The van der Waals surface area contributed by atoms with Crippen molar-refractivity contribution >= 4 is 28.9 Å². The van der Waals surface area contributed by atoms with Crippen LogP contribution in [0.2, 0.25) is 0 Å². The summed E-state index contributed by atoms with van der Waals surface area (Å²) >= 11 is 0. The normalized spacial score (nSPS) is 10.1. The van der Waals surface area contributed by atoms with Gasteiger partial charge in [0.15, 0.2) is 0 Å². The first-order chi connectivity index (χ1) is 14.8. The van der Waals surface area contributed by atoms with E-state index in [4.69, 9.17) is 9.47 Å². The molecule has 0 aromatic heterocycles. The number of nitro benzene ring substituents is 1. The molecule has 3 rings (SSSR count). The van der Waals surface area contributed by atoms with Crippen LogP contribution in [0.15, 0.2) is 66.7 Å². The van der Waals surface area contributed by atoms with Crippen molar-refractivity contribution in [3.05, 3.63) is 76.8 Å². The molecule has 0 aliphatic rings. The quantitative estimate of drug-likeness (QED) is 0.405. The number of amides is 2. The van der Waals surface area contributed by atoms with Gasteiger partial charge in [0.1, 0.15) is 23.0 Å². The maximum absolute atomic E-state index is 11.3. The van der Waals surface area contributed by atoms with Gasteiger partial charge in [-0.2, -0.15) is 0 Å². The summed E-state index contributed by atoms with van der Waals surface area (Å²) in [5.41, 5.74) is 1.01. The molecule has 2 amide bonds. The molecule has 2 N–H and O–H groups in total. The minimum Gasteiger partial charge on any atom is -0.457 e. The van der Waals surface area contributed by atoms with E-state index >= 15 is 0 Å². The van der Waals surface area contributed by atoms with Gasteiger partial charge in [0.05, 0.1) is 17.1 Å². The highest BCUT2D eigenvalue weighted by Crippen LogP contribution is 2.33. The second-order valence-corrected chi connectivity index (χ2v) is 6.53. The van der Waals surface area contributed by atoms with Crippen molar-refractivity contribution in [3.8, 4) is 23.0 Å². The van der Waals surface area contributed by atoms with Crippen molar-refractivity contribution in [2.24, 2.45) is 0 Å². The average Bonchev–Trinajstić information content (AvgIpc) is 2.70. The van der Waals surface area contributed by atoms with Crippen molar-refractivity contribution in [2.75, 3.05) is 10.6 Å². The molecule has 9 heteroatoms. The first kappa shape index (κ1) is 21.3. The zero-order chi connectivity index (χ0) is 22.4. The molecule has 0 bridgehead atoms. The van der Waals surface area contributed by atoms with E-state index in [9.17, 15) is 19.7 Å². The number of carbonyl (C=O) groups is 2. The maximum Gasteiger partial charge on any atom is 0.276 e. The zero-order valence-electron chi connectivity index (χ0n) is 16.7. The third kappa shape index (κ3) is 6.29. The van der Waals surface area contributed by atoms with Crippen molar-refractivity contribution in [1.29, 1.82) is 0 Å². The molecule has 3 aromatic rings. The standard InChI is InChI=1S/C22H19N3O6/c1-14(26)23-16-3-7-19(8-4-16)30-21-11-18(25(28)29)12-22(13-21)31-20-9-5-17(6-10-20)24-15(2)27/h3-13H,1-2H3,(H,23,26)(H,24,27). The molecule has 0 atom stereocenters. The molecule has 31 heavy (non-hydrogen) atoms. The Morgan fingerprint density at radius 1 is 0.710 bits per heavy atom. The Morgan fingerprint density at radius 2 is 1.10 bits per heavy atom. The van der Waals surface area contributed by atoms with Crippen LogP contribution in [-0.4, -0.2) is 16.7 Å². The van der Waals surface area contributed by atoms with Gasteiger partial charge in [-0.25, -0.2) is 0 Å². The van der Waals surface area contributed by atoms with Gasteiger partial charge in [-0.3, -0.25) is 19.7 Å². The second kappa shape index (κ2) is 9.40. The Morgan fingerprint density at radius 3 is 1.42 bits per heavy atom. The van der Waals surface area contributed by atoms with Crippen LogP contribution in [0.1, 0.15) is 13.8 Å². The Balaban J connectivity index is 1.79. The van der Waals surface area contributed by atoms with Crippen molar-refractivity contribution in [3.63, 3.8) is 0 Å². The van der Waals surface area contributed by atoms with E-state index in [2.05, 4.69) is 10.6 Å². The van der Waals surface area contributed by atoms with E-state index in [-0.39, 0.29) is 29.0 Å². The average molecular weight is 421 g/mol. The van der Waals surface area contributed by atoms with E-state index in [1.807, 2.05) is 0 Å². The van der Waals surface area contributed by atoms with E-state index in [0.717, 1.165) is 0 Å². The summed E-state index contributed by atoms with van der Waals surface area (Å²) in [6, 6.07) is 17.2. The molecule has 0 unspecified atom stereocenters. The van der Waals surface area contributed by atoms with Gasteiger partial charge in [-0.05, 0) is 48.5 Å². The maximum atomic E-state index is 11.3. The summed E-state index contributed by atoms with van der Waals surface area (Å²) in [5, 5.41) is 16.6. The molecule has 158 valence electrons. The number of ether oxygens (including phenoxy) is 2. The largest absolute Gasteiger partial charge is 0.457 e. The van der Waals surface area contributed by atoms with Crippen LogP contribution in [0.25, 0.3) is 0 Å². The Bertz CT molecular complexity index is 1030. The molecule has 0 saturated heterocycles. The molecule has 0 spiro atoms. The summed E-state index contributed by atoms with van der Waals surface area (Å²) in [6.07, 6.45) is 0. The first-order valence-electron chi connectivity index (χ1n) is 9.19. The fraction of sp³-hybridized carbons (Fsp3) is 0.0909. The molecule has 0 fully saturated rings. The number of anilines is 2. The Kier molecular flexibility index (Phi) is 6.46. The predicted octanol–water partition coefficient (Wildman–Crippen LogP) is 5.10. The highest BCUT2D eigenvalue weighted by molar-refractivity contribution is 5.89. The van der Waals surface area contributed by atoms with Crippen molar-refractivity contribution in [2.45, 2.75) is 13.8 Å². The number of benzene rings is 3. The highest BCUT2D eigenvalue weighted by atomic mass is 16.6. The van der Waals surface area contributed by atoms with Crippen molar-refractivity contribution < 1.29 is 24.0 Å². The lowest BCUT2D eigenvalue weighted by atomic mass is 10.2. The zero-order valence-corrected chi connectivity index (χ0v) is 16.7. The molecule has 9 nitrogen and oxygen atoms in total. The predicted molar refractivity (Wildman–Crippen MR) is 115 cm³/mol. The van der Waals surface area contributed by atoms with Crippen LogP contribution in [0.3, 0.4) is 0 Å². The van der Waals surface area contributed by atoms with Gasteiger partial charge in [0, 0.05) is 31.3 Å². The number of non-ortho nitro benzene ring substituents is 1. The van der Waals surface area contributed by atoms with Crippen LogP contribution in [0.4, 0.5) is 17.1 Å². The van der Waals surface area contributed by atoms with E-state index in [0.29, 0.717) is 22.9 Å². The summed E-state index contributed by atoms with van der Waals surface area (Å²) in [6.45, 7) is 2.81. The van der Waals surface area contributed by atoms with Gasteiger partial charge in [-0.1, -0.05) is 0 Å². The lowest BCUT2D eigenvalue weighted by molar-refractivity contribution is -0.385. The summed E-state index contributed by atoms with van der Waals surface area (Å²) in [4.78, 5) is 33.0. The number of carbonyl (C=O) groups excluding carboxylic acids is 2. The van der Waals surface area contributed by atoms with Crippen molar-refractivity contribution in [1.82, 2.24) is 0 Å². The number of hydrogen-bond donors (Lipinski definition) is 2. The Hall–Kier alpha value is -4.40. The Labute approximate surface area is 177 Å². The lowest BCUT2D eigenvalue weighted by Gasteiger charge is -2.11. The second-order valence-electron chi connectivity index (χ2n) is 6.53. The van der Waals surface area contributed by atoms with E-state index < -0.39 is 4.92 Å². The van der Waals surface area contributed by atoms with Gasteiger partial charge >= 0.3 is 0 Å². The molecular formula is C22H19N3O6. The number of rotatable bonds is 7. The molecule has 0 aliphatic carbocycles. The number of nitrogens with one attached hydrogen (secondary N) is 2. The van der Waals surface area contributed by atoms with Crippen LogP contribution in [0, 0.1) is 10.1 Å². The van der Waals surface area contributed by atoms with Gasteiger partial charge in [-0.15, -0.1) is 0 Å². The third-order valence-electron chi connectivity index (χ3n) is 3.90. The SMILES string of the molecule is CC(=O)Nc1ccc(Oc2cc(Oc3ccc(NC(C)=O)cc3)cc([N+](=O)[O-])c2)cc1. The third-order valence-corrected chi connectivity index (χ3v) is 3.90. The molecule has 0 aliphatic heterocycles. The number of nitro groups is 1. The number of hydrogen-bond acceptors (Lipinski definition) is 6. The van der Waals surface area contributed by atoms with Gasteiger partial charge < -0.3 is 20.1 Å². The summed E-state index contributed by atoms with van der Waals surface area (Å²) in [5.74, 6) is 0.900. The van der Waals surface area contributed by atoms with Gasteiger partial charge in [0.25, 0.3) is 5.69 Å². The molecule has 0 saturated carbocycles. The lowest BCUT2D eigenvalue weighted by Crippen LogP contribution is -2.05. The number of nitrogens with zero attached hydrogens (tertiary/aromatic N) is 1. The topological polar surface area (TPSA) is 120 Å². The van der Waals surface area contributed by atoms with Crippen LogP contribution in [-0.2, 0) is 9.59 Å². The molecule has 0 heterocycles. The van der Waals surface area contributed by atoms with Crippen LogP contribution < -0.4 is 20.1 Å². The fourth-order valence-corrected chi connectivity index (χ4v) is 2.67. The smallest absolute Gasteiger partial charge is 0.276 e. The minimum absolute atomic E-state index is 0.195. The molecular weight excluding hydrogens is 402 g/mol. The monoisotopic (exact) mass is 421 g/mol. The van der Waals surface area contributed by atoms with Crippen LogP contribution in [0.5, 0.6) is 23.0 Å². The minimum atomic E-state index is -0.542. The van der Waals surface area contributed by atoms with E-state index in [1.165, 1.54) is 32.0 Å². The van der Waals surface area contributed by atoms with E-state index in [1.54, 1.807) is 48.5 Å². The molecule has 3 aromatic carbocycles. The summed E-state index contributed by atoms with van der Waals surface area (Å²) < 4.78 is 11.5. The fourth-order valence-electron chi connectivity index (χ4n) is 2.67. The van der Waals surface area contributed by atoms with Crippen LogP contribution >= 0.6 is 0 Å². The first-order valence-corrected chi connectivity index (χ1v) is 9.19. The molecule has 0 radical (unpaired) electrons. The highest BCUT2D eigenvalue weighted by Gasteiger charge is 2.13.